The van der Waals surface area contributed by atoms with E-state index in [0.717, 1.165) is 25.3 Å². The summed E-state index contributed by atoms with van der Waals surface area (Å²) in [7, 11) is 0. The van der Waals surface area contributed by atoms with Crippen LogP contribution >= 0.6 is 0 Å². The molecule has 0 saturated heterocycles. The number of nitrogens with one attached hydrogen (secondary N) is 1. The summed E-state index contributed by atoms with van der Waals surface area (Å²) in [4.78, 5) is 0. The zero-order chi connectivity index (χ0) is 10.7. The van der Waals surface area contributed by atoms with Crippen LogP contribution in [0, 0.1) is 6.92 Å². The fourth-order valence-corrected chi connectivity index (χ4v) is 2.16. The normalized spacial score (nSPS) is 20.3. The highest BCUT2D eigenvalue weighted by Crippen LogP contribution is 2.31. The Hall–Kier alpha value is -1.02. The Balaban J connectivity index is 2.33. The van der Waals surface area contributed by atoms with Crippen molar-refractivity contribution < 1.29 is 4.74 Å². The Bertz CT molecular complexity index is 335. The Morgan fingerprint density at radius 1 is 1.47 bits per heavy atom. The predicted octanol–water partition coefficient (Wildman–Crippen LogP) is 2.82. The highest BCUT2D eigenvalue weighted by molar-refractivity contribution is 5.39. The van der Waals surface area contributed by atoms with Crippen LogP contribution in [0.15, 0.2) is 18.2 Å². The number of rotatable bonds is 2. The molecule has 0 radical (unpaired) electrons. The van der Waals surface area contributed by atoms with E-state index in [4.69, 9.17) is 4.74 Å². The molecule has 1 atom stereocenters. The van der Waals surface area contributed by atoms with Gasteiger partial charge in [-0.05, 0) is 32.4 Å². The topological polar surface area (TPSA) is 21.3 Å². The molecule has 1 aliphatic rings. The molecular formula is C13H19NO. The van der Waals surface area contributed by atoms with Gasteiger partial charge in [0, 0.05) is 11.6 Å². The highest BCUT2D eigenvalue weighted by atomic mass is 16.5. The van der Waals surface area contributed by atoms with Gasteiger partial charge in [0.2, 0.25) is 0 Å². The molecule has 0 bridgehead atoms. The molecule has 2 nitrogen and oxygen atoms in total. The van der Waals surface area contributed by atoms with E-state index in [0.29, 0.717) is 6.04 Å². The maximum absolute atomic E-state index is 5.74. The molecule has 0 amide bonds. The molecule has 0 aliphatic carbocycles. The van der Waals surface area contributed by atoms with Gasteiger partial charge in [0.05, 0.1) is 6.61 Å². The Kier molecular flexibility index (Phi) is 3.27. The second kappa shape index (κ2) is 4.67. The van der Waals surface area contributed by atoms with E-state index in [2.05, 4.69) is 37.4 Å². The molecule has 1 aromatic carbocycles. The first kappa shape index (κ1) is 10.5. The van der Waals surface area contributed by atoms with Crippen LogP contribution in [-0.4, -0.2) is 13.2 Å². The van der Waals surface area contributed by atoms with Gasteiger partial charge in [0.15, 0.2) is 0 Å². The largest absolute Gasteiger partial charge is 0.493 e. The van der Waals surface area contributed by atoms with E-state index in [1.807, 2.05) is 0 Å². The molecule has 0 saturated carbocycles. The molecule has 1 unspecified atom stereocenters. The van der Waals surface area contributed by atoms with Gasteiger partial charge < -0.3 is 10.1 Å². The molecule has 1 aromatic rings. The first-order chi connectivity index (χ1) is 7.31. The molecule has 82 valence electrons. The molecule has 2 heteroatoms. The van der Waals surface area contributed by atoms with E-state index in [9.17, 15) is 0 Å². The summed E-state index contributed by atoms with van der Waals surface area (Å²) in [6.07, 6.45) is 2.30. The van der Waals surface area contributed by atoms with Crippen LogP contribution in [0.25, 0.3) is 0 Å². The number of hydrogen-bond acceptors (Lipinski definition) is 2. The van der Waals surface area contributed by atoms with Crippen molar-refractivity contribution in [2.24, 2.45) is 0 Å². The van der Waals surface area contributed by atoms with E-state index in [1.165, 1.54) is 17.5 Å². The van der Waals surface area contributed by atoms with Crippen molar-refractivity contribution in [2.45, 2.75) is 32.7 Å². The zero-order valence-electron chi connectivity index (χ0n) is 9.55. The Morgan fingerprint density at radius 3 is 3.13 bits per heavy atom. The molecule has 0 spiro atoms. The zero-order valence-corrected chi connectivity index (χ0v) is 9.55. The van der Waals surface area contributed by atoms with Gasteiger partial charge in [-0.15, -0.1) is 0 Å². The van der Waals surface area contributed by atoms with Gasteiger partial charge in [-0.2, -0.15) is 0 Å². The minimum absolute atomic E-state index is 0.465. The average molecular weight is 205 g/mol. The maximum Gasteiger partial charge on any atom is 0.124 e. The Morgan fingerprint density at radius 2 is 2.33 bits per heavy atom. The molecule has 1 N–H and O–H groups in total. The van der Waals surface area contributed by atoms with Gasteiger partial charge in [-0.1, -0.05) is 24.6 Å². The molecular weight excluding hydrogens is 186 g/mol. The van der Waals surface area contributed by atoms with Crippen LogP contribution < -0.4 is 10.1 Å². The predicted molar refractivity (Wildman–Crippen MR) is 62.3 cm³/mol. The molecule has 0 fully saturated rings. The van der Waals surface area contributed by atoms with Crippen molar-refractivity contribution >= 4 is 0 Å². The number of ether oxygens (including phenoxy) is 1. The van der Waals surface area contributed by atoms with E-state index < -0.39 is 0 Å². The molecule has 0 aromatic heterocycles. The second-order valence-electron chi connectivity index (χ2n) is 4.14. The van der Waals surface area contributed by atoms with Crippen LogP contribution in [-0.2, 0) is 0 Å². The summed E-state index contributed by atoms with van der Waals surface area (Å²) >= 11 is 0. The van der Waals surface area contributed by atoms with Crippen LogP contribution in [0.3, 0.4) is 0 Å². The molecule has 2 rings (SSSR count). The van der Waals surface area contributed by atoms with Crippen molar-refractivity contribution in [3.05, 3.63) is 29.3 Å². The number of aryl methyl sites for hydroxylation is 1. The lowest BCUT2D eigenvalue weighted by Gasteiger charge is -2.17. The van der Waals surface area contributed by atoms with Crippen LogP contribution in [0.1, 0.15) is 36.9 Å². The first-order valence-corrected chi connectivity index (χ1v) is 5.78. The highest BCUT2D eigenvalue weighted by Gasteiger charge is 2.18. The van der Waals surface area contributed by atoms with Crippen molar-refractivity contribution in [2.75, 3.05) is 13.2 Å². The maximum atomic E-state index is 5.74. The van der Waals surface area contributed by atoms with Crippen LogP contribution in [0.4, 0.5) is 0 Å². The van der Waals surface area contributed by atoms with E-state index >= 15 is 0 Å². The summed E-state index contributed by atoms with van der Waals surface area (Å²) in [6, 6.07) is 6.92. The number of hydrogen-bond donors (Lipinski definition) is 1. The minimum Gasteiger partial charge on any atom is -0.493 e. The standard InChI is InChI=1S/C13H19NO/c1-3-14-12-5-4-8-15-13-7-6-10(2)9-11(12)13/h6-7,9,12,14H,3-5,8H2,1-2H3. The van der Waals surface area contributed by atoms with Gasteiger partial charge in [-0.3, -0.25) is 0 Å². The first-order valence-electron chi connectivity index (χ1n) is 5.78. The van der Waals surface area contributed by atoms with Crippen LogP contribution in [0.5, 0.6) is 5.75 Å². The fourth-order valence-electron chi connectivity index (χ4n) is 2.16. The average Bonchev–Trinajstić information content (AvgIpc) is 2.42. The fraction of sp³-hybridized carbons (Fsp3) is 0.538. The van der Waals surface area contributed by atoms with Gasteiger partial charge in [0.1, 0.15) is 5.75 Å². The minimum atomic E-state index is 0.465. The van der Waals surface area contributed by atoms with Crippen molar-refractivity contribution in [1.82, 2.24) is 5.32 Å². The van der Waals surface area contributed by atoms with E-state index in [1.54, 1.807) is 0 Å². The third kappa shape index (κ3) is 2.32. The molecule has 1 heterocycles. The summed E-state index contributed by atoms with van der Waals surface area (Å²) in [6.45, 7) is 6.14. The molecule has 15 heavy (non-hydrogen) atoms. The molecule has 1 aliphatic heterocycles. The lowest BCUT2D eigenvalue weighted by molar-refractivity contribution is 0.315. The van der Waals surface area contributed by atoms with Crippen LogP contribution in [0.2, 0.25) is 0 Å². The lowest BCUT2D eigenvalue weighted by Crippen LogP contribution is -2.20. The summed E-state index contributed by atoms with van der Waals surface area (Å²) < 4.78 is 5.74. The summed E-state index contributed by atoms with van der Waals surface area (Å²) in [5.74, 6) is 1.06. The van der Waals surface area contributed by atoms with Crippen molar-refractivity contribution in [3.63, 3.8) is 0 Å². The van der Waals surface area contributed by atoms with E-state index in [-0.39, 0.29) is 0 Å². The Labute approximate surface area is 91.6 Å². The summed E-state index contributed by atoms with van der Waals surface area (Å²) in [5, 5.41) is 3.53. The number of fused-ring (bicyclic) bond motifs is 1. The van der Waals surface area contributed by atoms with Gasteiger partial charge in [-0.25, -0.2) is 0 Å². The monoisotopic (exact) mass is 205 g/mol. The third-order valence-electron chi connectivity index (χ3n) is 2.89. The lowest BCUT2D eigenvalue weighted by atomic mass is 10.0. The van der Waals surface area contributed by atoms with Crippen molar-refractivity contribution in [3.8, 4) is 5.75 Å². The van der Waals surface area contributed by atoms with Gasteiger partial charge in [0.25, 0.3) is 0 Å². The SMILES string of the molecule is CCNC1CCCOc2ccc(C)cc21. The van der Waals surface area contributed by atoms with Crippen molar-refractivity contribution in [1.29, 1.82) is 0 Å². The number of benzene rings is 1. The summed E-state index contributed by atoms with van der Waals surface area (Å²) in [5.41, 5.74) is 2.64. The smallest absolute Gasteiger partial charge is 0.124 e. The third-order valence-corrected chi connectivity index (χ3v) is 2.89. The van der Waals surface area contributed by atoms with Gasteiger partial charge >= 0.3 is 0 Å². The quantitative estimate of drug-likeness (QED) is 0.801. The second-order valence-corrected chi connectivity index (χ2v) is 4.14.